The maximum absolute atomic E-state index is 13.8. The van der Waals surface area contributed by atoms with Gasteiger partial charge in [-0.25, -0.2) is 18.1 Å². The molecule has 1 amide bonds. The maximum atomic E-state index is 13.8. The number of ether oxygens (including phenoxy) is 1. The lowest BCUT2D eigenvalue weighted by atomic mass is 10.00. The summed E-state index contributed by atoms with van der Waals surface area (Å²) in [5, 5.41) is 0. The van der Waals surface area contributed by atoms with Crippen molar-refractivity contribution in [2.45, 2.75) is 50.5 Å². The summed E-state index contributed by atoms with van der Waals surface area (Å²) in [7, 11) is -4.07. The highest BCUT2D eigenvalue weighted by Crippen LogP contribution is 2.92. The first kappa shape index (κ1) is 26.2. The van der Waals surface area contributed by atoms with E-state index in [0.29, 0.717) is 41.7 Å². The van der Waals surface area contributed by atoms with E-state index < -0.39 is 10.0 Å². The van der Waals surface area contributed by atoms with Crippen LogP contribution in [0.2, 0.25) is 0 Å². The highest BCUT2D eigenvalue weighted by atomic mass is 32.2. The molecule has 9 nitrogen and oxygen atoms in total. The summed E-state index contributed by atoms with van der Waals surface area (Å²) < 4.78 is 36.0. The molecule has 3 aliphatic carbocycles. The Balaban J connectivity index is 1.20. The van der Waals surface area contributed by atoms with Crippen LogP contribution in [0.3, 0.4) is 0 Å². The largest absolute Gasteiger partial charge is 0.471 e. The minimum Gasteiger partial charge on any atom is -0.471 e. The zero-order valence-electron chi connectivity index (χ0n) is 24.0. The molecule has 8 rings (SSSR count). The number of benzene rings is 2. The van der Waals surface area contributed by atoms with Crippen LogP contribution in [0.5, 0.6) is 5.88 Å². The number of fused-ring (bicyclic) bond motifs is 7. The summed E-state index contributed by atoms with van der Waals surface area (Å²) in [4.78, 5) is 27.2. The molecule has 4 fully saturated rings. The quantitative estimate of drug-likeness (QED) is 0.490. The maximum Gasteiger partial charge on any atom is 0.264 e. The number of rotatable bonds is 3. The Hall–Kier alpha value is -3.50. The molecule has 3 saturated carbocycles. The van der Waals surface area contributed by atoms with Gasteiger partial charge in [-0.2, -0.15) is 4.98 Å². The molecule has 3 heterocycles. The molecular weight excluding hydrogens is 550 g/mol. The third-order valence-electron chi connectivity index (χ3n) is 10.5. The van der Waals surface area contributed by atoms with Gasteiger partial charge in [-0.05, 0) is 85.6 Å². The normalized spacial score (nSPS) is 25.0. The van der Waals surface area contributed by atoms with Gasteiger partial charge in [-0.1, -0.05) is 24.3 Å². The molecule has 1 saturated heterocycles. The van der Waals surface area contributed by atoms with Crippen molar-refractivity contribution < 1.29 is 17.9 Å². The molecule has 1 aromatic heterocycles. The number of nitrogens with one attached hydrogen (secondary N) is 1. The summed E-state index contributed by atoms with van der Waals surface area (Å²) in [6.45, 7) is 7.44. The van der Waals surface area contributed by atoms with Crippen molar-refractivity contribution in [3.05, 3.63) is 65.2 Å². The molecule has 218 valence electrons. The predicted octanol–water partition coefficient (Wildman–Crippen LogP) is 4.27. The molecule has 1 N–H and O–H groups in total. The van der Waals surface area contributed by atoms with Crippen LogP contribution in [0.1, 0.15) is 47.2 Å². The Bertz CT molecular complexity index is 1690. The Morgan fingerprint density at radius 1 is 0.952 bits per heavy atom. The summed E-state index contributed by atoms with van der Waals surface area (Å²) in [5.41, 5.74) is 5.06. The van der Waals surface area contributed by atoms with Crippen molar-refractivity contribution in [3.8, 4) is 17.1 Å². The third kappa shape index (κ3) is 4.13. The minimum atomic E-state index is -4.07. The van der Waals surface area contributed by atoms with Gasteiger partial charge in [0.05, 0.1) is 17.1 Å². The average Bonchev–Trinajstić information content (AvgIpc) is 3.86. The van der Waals surface area contributed by atoms with E-state index in [-0.39, 0.29) is 28.7 Å². The van der Waals surface area contributed by atoms with Crippen LogP contribution in [-0.2, 0) is 10.0 Å². The molecule has 42 heavy (non-hydrogen) atoms. The molecule has 10 heteroatoms. The number of hydrogen-bond donors (Lipinski definition) is 1. The Morgan fingerprint density at radius 2 is 1.67 bits per heavy atom. The van der Waals surface area contributed by atoms with Gasteiger partial charge in [-0.3, -0.25) is 9.69 Å². The van der Waals surface area contributed by atoms with Gasteiger partial charge in [0.1, 0.15) is 6.10 Å². The van der Waals surface area contributed by atoms with Crippen molar-refractivity contribution >= 4 is 21.9 Å². The monoisotopic (exact) mass is 585 g/mol. The number of aryl methyl sites for hydroxylation is 2. The van der Waals surface area contributed by atoms with Crippen molar-refractivity contribution in [2.24, 2.45) is 16.7 Å². The van der Waals surface area contributed by atoms with E-state index in [0.717, 1.165) is 35.7 Å². The first-order chi connectivity index (χ1) is 20.2. The van der Waals surface area contributed by atoms with Crippen LogP contribution in [0, 0.1) is 30.6 Å². The van der Waals surface area contributed by atoms with Gasteiger partial charge in [0, 0.05) is 43.4 Å². The SMILES string of the molecule is Cc1cccc(C)c1-c1cc2nc(n1)NS(=O)(=O)c1cccc(c1)C(=O)N1CCN(CC3C4(CC4)C34CC4)C[C@H](C1)O2. The number of carbonyl (C=O) groups is 1. The Labute approximate surface area is 246 Å². The third-order valence-corrected chi connectivity index (χ3v) is 11.8. The zero-order chi connectivity index (χ0) is 28.9. The van der Waals surface area contributed by atoms with Crippen molar-refractivity contribution in [1.82, 2.24) is 19.8 Å². The fraction of sp³-hybridized carbons (Fsp3) is 0.469. The Kier molecular flexibility index (Phi) is 5.60. The van der Waals surface area contributed by atoms with Gasteiger partial charge < -0.3 is 9.64 Å². The van der Waals surface area contributed by atoms with Gasteiger partial charge in [-0.15, -0.1) is 0 Å². The topological polar surface area (TPSA) is 105 Å². The second-order valence-corrected chi connectivity index (χ2v) is 14.6. The van der Waals surface area contributed by atoms with Crippen LogP contribution < -0.4 is 9.46 Å². The molecule has 2 aromatic carbocycles. The number of nitrogens with zero attached hydrogens (tertiary/aromatic N) is 4. The summed E-state index contributed by atoms with van der Waals surface area (Å²) in [5.74, 6) is 0.785. The number of amides is 1. The van der Waals surface area contributed by atoms with E-state index in [2.05, 4.69) is 19.6 Å². The summed E-state index contributed by atoms with van der Waals surface area (Å²) in [6.07, 6.45) is 5.13. The van der Waals surface area contributed by atoms with Crippen LogP contribution in [0.25, 0.3) is 11.3 Å². The summed E-state index contributed by atoms with van der Waals surface area (Å²) in [6, 6.07) is 14.0. The van der Waals surface area contributed by atoms with Crippen LogP contribution in [0.15, 0.2) is 53.4 Å². The molecule has 6 bridgehead atoms. The number of sulfonamides is 1. The summed E-state index contributed by atoms with van der Waals surface area (Å²) >= 11 is 0. The zero-order valence-corrected chi connectivity index (χ0v) is 24.8. The molecule has 3 aromatic rings. The van der Waals surface area contributed by atoms with E-state index in [1.54, 1.807) is 18.2 Å². The van der Waals surface area contributed by atoms with Crippen LogP contribution in [-0.4, -0.2) is 72.9 Å². The standard InChI is InChI=1S/C32H35N5O4S/c1-20-5-3-6-21(2)28(20)25-16-27-34-30(33-25)35-42(39,40)24-8-4-7-22(15-24)29(38)37-14-13-36(17-23(18-37)41-27)19-26-31(9-10-31)32(26)11-12-32/h3-8,15-16,23,26H,9-14,17-19H2,1-2H3,(H,33,34,35)/t23-/m1/s1. The van der Waals surface area contributed by atoms with Crippen molar-refractivity contribution in [3.63, 3.8) is 0 Å². The highest BCUT2D eigenvalue weighted by molar-refractivity contribution is 7.92. The molecule has 0 unspecified atom stereocenters. The second-order valence-electron chi connectivity index (χ2n) is 12.9. The molecular formula is C32H35N5O4S. The lowest BCUT2D eigenvalue weighted by molar-refractivity contribution is 0.0690. The van der Waals surface area contributed by atoms with Crippen LogP contribution in [0.4, 0.5) is 5.95 Å². The molecule has 5 aliphatic rings. The minimum absolute atomic E-state index is 0.0117. The smallest absolute Gasteiger partial charge is 0.264 e. The highest BCUT2D eigenvalue weighted by Gasteiger charge is 2.86. The lowest BCUT2D eigenvalue weighted by Gasteiger charge is -2.25. The van der Waals surface area contributed by atoms with Crippen molar-refractivity contribution in [1.29, 1.82) is 0 Å². The number of hydrogen-bond acceptors (Lipinski definition) is 7. The van der Waals surface area contributed by atoms with Crippen molar-refractivity contribution in [2.75, 3.05) is 37.4 Å². The number of carbonyl (C=O) groups excluding carboxylic acids is 1. The first-order valence-corrected chi connectivity index (χ1v) is 16.4. The molecule has 1 atom stereocenters. The molecule has 0 radical (unpaired) electrons. The molecule has 2 aliphatic heterocycles. The van der Waals surface area contributed by atoms with Gasteiger partial charge in [0.2, 0.25) is 11.8 Å². The number of aromatic nitrogens is 2. The van der Waals surface area contributed by atoms with Crippen LogP contribution >= 0.6 is 0 Å². The average molecular weight is 586 g/mol. The number of anilines is 1. The van der Waals surface area contributed by atoms with Gasteiger partial charge in [0.15, 0.2) is 0 Å². The lowest BCUT2D eigenvalue weighted by Crippen LogP contribution is -2.40. The van der Waals surface area contributed by atoms with E-state index in [1.807, 2.05) is 36.9 Å². The van der Waals surface area contributed by atoms with E-state index >= 15 is 0 Å². The fourth-order valence-electron chi connectivity index (χ4n) is 8.08. The molecule has 2 spiro atoms. The van der Waals surface area contributed by atoms with Gasteiger partial charge >= 0.3 is 0 Å². The van der Waals surface area contributed by atoms with E-state index in [9.17, 15) is 13.2 Å². The predicted molar refractivity (Wildman–Crippen MR) is 158 cm³/mol. The van der Waals surface area contributed by atoms with Gasteiger partial charge in [0.25, 0.3) is 15.9 Å². The van der Waals surface area contributed by atoms with E-state index in [4.69, 9.17) is 4.74 Å². The Morgan fingerprint density at radius 3 is 2.38 bits per heavy atom. The first-order valence-electron chi connectivity index (χ1n) is 14.9. The fourth-order valence-corrected chi connectivity index (χ4v) is 9.07. The second kappa shape index (κ2) is 9.00. The van der Waals surface area contributed by atoms with E-state index in [1.165, 1.54) is 37.8 Å².